The van der Waals surface area contributed by atoms with Crippen molar-refractivity contribution in [3.8, 4) is 16.9 Å². The first-order valence-corrected chi connectivity index (χ1v) is 10.2. The van der Waals surface area contributed by atoms with Gasteiger partial charge in [-0.1, -0.05) is 69.7 Å². The number of halogens is 4. The van der Waals surface area contributed by atoms with E-state index in [9.17, 15) is 17.6 Å². The highest BCUT2D eigenvalue weighted by molar-refractivity contribution is 5.65. The van der Waals surface area contributed by atoms with Crippen molar-refractivity contribution in [2.24, 2.45) is 11.8 Å². The largest absolute Gasteiger partial charge is 0.573 e. The Morgan fingerprint density at radius 3 is 2.17 bits per heavy atom. The van der Waals surface area contributed by atoms with Gasteiger partial charge in [-0.3, -0.25) is 0 Å². The Kier molecular flexibility index (Phi) is 5.56. The van der Waals surface area contributed by atoms with Gasteiger partial charge < -0.3 is 4.74 Å². The Balaban J connectivity index is 1.77. The second-order valence-electron chi connectivity index (χ2n) is 7.78. The van der Waals surface area contributed by atoms with Gasteiger partial charge in [0, 0.05) is 5.56 Å². The number of alkyl halides is 3. The van der Waals surface area contributed by atoms with Crippen LogP contribution in [0, 0.1) is 17.7 Å². The molecule has 0 unspecified atom stereocenters. The number of hydrogen-bond acceptors (Lipinski definition) is 1. The maximum Gasteiger partial charge on any atom is 0.573 e. The predicted octanol–water partition coefficient (Wildman–Crippen LogP) is 7.93. The van der Waals surface area contributed by atoms with Gasteiger partial charge in [0.2, 0.25) is 0 Å². The highest BCUT2D eigenvalue weighted by atomic mass is 19.4. The molecule has 0 atom stereocenters. The van der Waals surface area contributed by atoms with Gasteiger partial charge in [-0.15, -0.1) is 13.2 Å². The molecule has 0 N–H and O–H groups in total. The van der Waals surface area contributed by atoms with E-state index < -0.39 is 47.7 Å². The van der Waals surface area contributed by atoms with Gasteiger partial charge in [-0.25, -0.2) is 4.39 Å². The summed E-state index contributed by atoms with van der Waals surface area (Å²) in [5, 5.41) is 0. The molecule has 158 valence electrons. The Morgan fingerprint density at radius 2 is 1.62 bits per heavy atom. The number of hydrogen-bond donors (Lipinski definition) is 0. The first kappa shape index (κ1) is 16.7. The molecule has 0 amide bonds. The number of ether oxygens (including phenoxy) is 1. The molecular formula is C24H28F4O. The van der Waals surface area contributed by atoms with Gasteiger partial charge in [-0.2, -0.15) is 0 Å². The lowest BCUT2D eigenvalue weighted by Gasteiger charge is -2.28. The molecule has 29 heavy (non-hydrogen) atoms. The molecule has 1 nitrogen and oxygen atoms in total. The SMILES string of the molecule is [2H]c1c([2H])c(-c2ccc(CCC3CCC(CCC)CC3)cc2F)c([2H])c([2H])c1OC(F)(F)F. The van der Waals surface area contributed by atoms with E-state index in [1.165, 1.54) is 50.7 Å². The summed E-state index contributed by atoms with van der Waals surface area (Å²) < 4.78 is 88.0. The van der Waals surface area contributed by atoms with Crippen LogP contribution in [0.1, 0.15) is 62.9 Å². The monoisotopic (exact) mass is 412 g/mol. The van der Waals surface area contributed by atoms with Gasteiger partial charge in [0.1, 0.15) is 11.6 Å². The third-order valence-corrected chi connectivity index (χ3v) is 5.63. The Bertz CT molecular complexity index is 956. The standard InChI is InChI=1S/C24H28F4O/c1-2-3-17-4-6-18(7-5-17)8-9-19-10-15-22(23(25)16-19)20-11-13-21(14-12-20)29-24(26,27)28/h10-18H,2-9H2,1H3/i11D,12D,13D,14D. The molecule has 0 aromatic heterocycles. The van der Waals surface area contributed by atoms with Crippen LogP contribution in [0.4, 0.5) is 17.6 Å². The topological polar surface area (TPSA) is 9.23 Å². The summed E-state index contributed by atoms with van der Waals surface area (Å²) in [5.74, 6) is -0.535. The molecule has 0 bridgehead atoms. The molecule has 1 saturated carbocycles. The maximum atomic E-state index is 14.9. The smallest absolute Gasteiger partial charge is 0.406 e. The summed E-state index contributed by atoms with van der Waals surface area (Å²) in [4.78, 5) is 0. The third-order valence-electron chi connectivity index (χ3n) is 5.63. The molecule has 3 rings (SSSR count). The van der Waals surface area contributed by atoms with Gasteiger partial charge in [0.15, 0.2) is 0 Å². The Labute approximate surface area is 175 Å². The Morgan fingerprint density at radius 1 is 1.00 bits per heavy atom. The highest BCUT2D eigenvalue weighted by Gasteiger charge is 2.31. The normalized spacial score (nSPS) is 21.8. The first-order valence-electron chi connectivity index (χ1n) is 12.2. The van der Waals surface area contributed by atoms with Crippen LogP contribution in [-0.4, -0.2) is 6.36 Å². The molecule has 0 heterocycles. The summed E-state index contributed by atoms with van der Waals surface area (Å²) >= 11 is 0. The molecule has 1 aliphatic carbocycles. The van der Waals surface area contributed by atoms with Crippen LogP contribution in [0.15, 0.2) is 42.4 Å². The van der Waals surface area contributed by atoms with Crippen molar-refractivity contribution in [2.75, 3.05) is 0 Å². The fraction of sp³-hybridized carbons (Fsp3) is 0.500. The van der Waals surface area contributed by atoms with E-state index in [1.807, 2.05) is 0 Å². The summed E-state index contributed by atoms with van der Waals surface area (Å²) in [6.07, 6.45) is 3.79. The maximum absolute atomic E-state index is 14.9. The van der Waals surface area contributed by atoms with Gasteiger partial charge in [0.25, 0.3) is 0 Å². The Hall–Kier alpha value is -2.04. The molecule has 1 fully saturated rings. The zero-order chi connectivity index (χ0) is 24.3. The van der Waals surface area contributed by atoms with Crippen LogP contribution in [0.3, 0.4) is 0 Å². The van der Waals surface area contributed by atoms with Gasteiger partial charge in [-0.05, 0) is 54.0 Å². The molecular weight excluding hydrogens is 380 g/mol. The van der Waals surface area contributed by atoms with Crippen molar-refractivity contribution in [1.82, 2.24) is 0 Å². The van der Waals surface area contributed by atoms with E-state index in [0.717, 1.165) is 17.9 Å². The van der Waals surface area contributed by atoms with Gasteiger partial charge in [0.05, 0.1) is 5.48 Å². The van der Waals surface area contributed by atoms with Crippen molar-refractivity contribution in [2.45, 2.75) is 64.7 Å². The average Bonchev–Trinajstić information content (AvgIpc) is 2.76. The summed E-state index contributed by atoms with van der Waals surface area (Å²) in [7, 11) is 0. The molecule has 2 aromatic carbocycles. The number of benzene rings is 2. The summed E-state index contributed by atoms with van der Waals surface area (Å²) in [5.41, 5.74) is 0.186. The molecule has 5 heteroatoms. The van der Waals surface area contributed by atoms with Crippen molar-refractivity contribution in [1.29, 1.82) is 0 Å². The fourth-order valence-electron chi connectivity index (χ4n) is 4.11. The summed E-state index contributed by atoms with van der Waals surface area (Å²) in [6, 6.07) is 0.766. The quantitative estimate of drug-likeness (QED) is 0.420. The van der Waals surface area contributed by atoms with Crippen LogP contribution in [0.2, 0.25) is 0 Å². The zero-order valence-electron chi connectivity index (χ0n) is 20.5. The molecule has 2 aromatic rings. The minimum Gasteiger partial charge on any atom is -0.406 e. The van der Waals surface area contributed by atoms with E-state index in [-0.39, 0.29) is 5.56 Å². The second kappa shape index (κ2) is 9.64. The van der Waals surface area contributed by atoms with Crippen LogP contribution >= 0.6 is 0 Å². The lowest BCUT2D eigenvalue weighted by Crippen LogP contribution is -2.16. The zero-order valence-corrected chi connectivity index (χ0v) is 16.5. The van der Waals surface area contributed by atoms with Gasteiger partial charge >= 0.3 is 6.36 Å². The van der Waals surface area contributed by atoms with E-state index in [0.29, 0.717) is 12.3 Å². The third kappa shape index (κ3) is 6.48. The minimum absolute atomic E-state index is 0.186. The average molecular weight is 413 g/mol. The highest BCUT2D eigenvalue weighted by Crippen LogP contribution is 2.34. The molecule has 1 aliphatic rings. The first-order chi connectivity index (χ1) is 15.5. The van der Waals surface area contributed by atoms with Crippen molar-refractivity contribution < 1.29 is 27.8 Å². The number of aryl methyl sites for hydroxylation is 1. The van der Waals surface area contributed by atoms with E-state index in [4.69, 9.17) is 5.48 Å². The van der Waals surface area contributed by atoms with Crippen LogP contribution in [-0.2, 0) is 6.42 Å². The fourth-order valence-corrected chi connectivity index (χ4v) is 4.11. The van der Waals surface area contributed by atoms with Crippen molar-refractivity contribution in [3.05, 3.63) is 53.7 Å². The van der Waals surface area contributed by atoms with Crippen LogP contribution in [0.5, 0.6) is 5.75 Å². The van der Waals surface area contributed by atoms with E-state index in [2.05, 4.69) is 11.7 Å². The van der Waals surface area contributed by atoms with E-state index >= 15 is 0 Å². The van der Waals surface area contributed by atoms with Crippen molar-refractivity contribution in [3.63, 3.8) is 0 Å². The molecule has 0 aliphatic heterocycles. The molecule has 0 radical (unpaired) electrons. The minimum atomic E-state index is -5.17. The predicted molar refractivity (Wildman–Crippen MR) is 107 cm³/mol. The van der Waals surface area contributed by atoms with Crippen LogP contribution in [0.25, 0.3) is 11.1 Å². The lowest BCUT2D eigenvalue weighted by atomic mass is 9.78. The summed E-state index contributed by atoms with van der Waals surface area (Å²) in [6.45, 7) is 2.21. The lowest BCUT2D eigenvalue weighted by molar-refractivity contribution is -0.274. The van der Waals surface area contributed by atoms with Crippen LogP contribution < -0.4 is 4.74 Å². The second-order valence-corrected chi connectivity index (χ2v) is 7.78. The van der Waals surface area contributed by atoms with Crippen molar-refractivity contribution >= 4 is 0 Å². The van der Waals surface area contributed by atoms with E-state index in [1.54, 1.807) is 6.07 Å². The number of rotatable bonds is 7. The molecule has 0 spiro atoms. The molecule has 0 saturated heterocycles.